The van der Waals surface area contributed by atoms with Crippen molar-refractivity contribution in [2.45, 2.75) is 77.5 Å². The molecule has 1 heterocycles. The van der Waals surface area contributed by atoms with Gasteiger partial charge in [-0.1, -0.05) is 45.4 Å². The maximum Gasteiger partial charge on any atom is 0.123 e. The van der Waals surface area contributed by atoms with Crippen LogP contribution in [0.2, 0.25) is 0 Å². The van der Waals surface area contributed by atoms with E-state index in [-0.39, 0.29) is 5.41 Å². The molecule has 1 aliphatic heterocycles. The van der Waals surface area contributed by atoms with Gasteiger partial charge in [-0.15, -0.1) is 0 Å². The van der Waals surface area contributed by atoms with E-state index in [0.29, 0.717) is 25.2 Å². The number of nitrogens with zero attached hydrogens (tertiary/aromatic N) is 1. The van der Waals surface area contributed by atoms with Gasteiger partial charge in [0.25, 0.3) is 0 Å². The summed E-state index contributed by atoms with van der Waals surface area (Å²) in [7, 11) is 0. The van der Waals surface area contributed by atoms with E-state index < -0.39 is 6.10 Å². The monoisotopic (exact) mass is 319 g/mol. The Morgan fingerprint density at radius 1 is 1.17 bits per heavy atom. The van der Waals surface area contributed by atoms with Gasteiger partial charge in [0.05, 0.1) is 0 Å². The van der Waals surface area contributed by atoms with Crippen LogP contribution in [0.4, 0.5) is 0 Å². The summed E-state index contributed by atoms with van der Waals surface area (Å²) in [5.74, 6) is 0.888. The summed E-state index contributed by atoms with van der Waals surface area (Å²) >= 11 is 0. The van der Waals surface area contributed by atoms with Gasteiger partial charge in [-0.05, 0) is 43.7 Å². The third-order valence-electron chi connectivity index (χ3n) is 4.92. The second-order valence-electron chi connectivity index (χ2n) is 8.04. The van der Waals surface area contributed by atoms with Gasteiger partial charge >= 0.3 is 0 Å². The minimum absolute atomic E-state index is 0.0391. The zero-order chi connectivity index (χ0) is 17.0. The minimum atomic E-state index is -0.453. The normalized spacial score (nSPS) is 24.4. The average molecular weight is 319 g/mol. The van der Waals surface area contributed by atoms with Crippen LogP contribution in [-0.2, 0) is 5.41 Å². The molecule has 3 nitrogen and oxygen atoms in total. The summed E-state index contributed by atoms with van der Waals surface area (Å²) in [4.78, 5) is 2.42. The molecule has 3 atom stereocenters. The lowest BCUT2D eigenvalue weighted by molar-refractivity contribution is 0.0206. The van der Waals surface area contributed by atoms with Crippen LogP contribution in [0.5, 0.6) is 5.75 Å². The number of likely N-dealkylation sites (tertiary alicyclic amines) is 1. The Morgan fingerprint density at radius 3 is 2.39 bits per heavy atom. The lowest BCUT2D eigenvalue weighted by atomic mass is 9.86. The van der Waals surface area contributed by atoms with Crippen molar-refractivity contribution in [2.75, 3.05) is 13.2 Å². The Kier molecular flexibility index (Phi) is 6.10. The molecule has 3 heteroatoms. The highest BCUT2D eigenvalue weighted by Gasteiger charge is 2.27. The molecule has 23 heavy (non-hydrogen) atoms. The maximum atomic E-state index is 10.4. The van der Waals surface area contributed by atoms with Crippen LogP contribution in [0.1, 0.15) is 59.4 Å². The van der Waals surface area contributed by atoms with E-state index in [1.165, 1.54) is 24.8 Å². The Labute approximate surface area is 141 Å². The molecule has 130 valence electrons. The number of β-amino-alcohol motifs (C(OH)–C–C–N with tert-alkyl or cyclic N) is 1. The first-order chi connectivity index (χ1) is 10.8. The summed E-state index contributed by atoms with van der Waals surface area (Å²) in [6, 6.07) is 9.24. The second-order valence-corrected chi connectivity index (χ2v) is 8.04. The quantitative estimate of drug-likeness (QED) is 0.891. The summed E-state index contributed by atoms with van der Waals surface area (Å²) in [6.07, 6.45) is 3.30. The number of hydrogen-bond donors (Lipinski definition) is 1. The molecule has 1 N–H and O–H groups in total. The van der Waals surface area contributed by atoms with E-state index in [9.17, 15) is 5.11 Å². The number of ether oxygens (including phenoxy) is 1. The van der Waals surface area contributed by atoms with E-state index in [0.717, 1.165) is 5.75 Å². The van der Waals surface area contributed by atoms with Gasteiger partial charge < -0.3 is 9.84 Å². The molecule has 0 aromatic heterocycles. The average Bonchev–Trinajstić information content (AvgIpc) is 2.48. The standard InChI is InChI=1S/C20H33NO2/c1-15-9-8-10-16(2)21(15)13-17(22)14-23-19-12-7-6-11-18(19)20(3,4)5/h6-7,11-12,15-17,22H,8-10,13-14H2,1-5H3/t15-,16-,17+/m0/s1. The van der Waals surface area contributed by atoms with Crippen molar-refractivity contribution < 1.29 is 9.84 Å². The fourth-order valence-electron chi connectivity index (χ4n) is 3.53. The van der Waals surface area contributed by atoms with Crippen LogP contribution >= 0.6 is 0 Å². The molecule has 0 spiro atoms. The molecule has 1 fully saturated rings. The Bertz CT molecular complexity index is 485. The van der Waals surface area contributed by atoms with E-state index >= 15 is 0 Å². The van der Waals surface area contributed by atoms with Gasteiger partial charge in [-0.25, -0.2) is 0 Å². The molecule has 2 rings (SSSR count). The number of benzene rings is 1. The van der Waals surface area contributed by atoms with E-state index in [4.69, 9.17) is 4.74 Å². The molecule has 0 bridgehead atoms. The van der Waals surface area contributed by atoms with Gasteiger partial charge in [0.2, 0.25) is 0 Å². The number of aliphatic hydroxyl groups excluding tert-OH is 1. The van der Waals surface area contributed by atoms with Crippen molar-refractivity contribution >= 4 is 0 Å². The summed E-state index contributed by atoms with van der Waals surface area (Å²) in [6.45, 7) is 12.1. The largest absolute Gasteiger partial charge is 0.491 e. The highest BCUT2D eigenvalue weighted by molar-refractivity contribution is 5.38. The zero-order valence-electron chi connectivity index (χ0n) is 15.4. The lowest BCUT2D eigenvalue weighted by Gasteiger charge is -2.40. The second kappa shape index (κ2) is 7.67. The topological polar surface area (TPSA) is 32.7 Å². The lowest BCUT2D eigenvalue weighted by Crippen LogP contribution is -2.48. The van der Waals surface area contributed by atoms with Gasteiger partial charge in [-0.3, -0.25) is 4.90 Å². The molecule has 0 saturated carbocycles. The maximum absolute atomic E-state index is 10.4. The van der Waals surface area contributed by atoms with Gasteiger partial charge in [0.1, 0.15) is 18.5 Å². The smallest absolute Gasteiger partial charge is 0.123 e. The number of piperidine rings is 1. The van der Waals surface area contributed by atoms with E-state index in [1.807, 2.05) is 18.2 Å². The van der Waals surface area contributed by atoms with Gasteiger partial charge in [-0.2, -0.15) is 0 Å². The number of para-hydroxylation sites is 1. The van der Waals surface area contributed by atoms with Crippen molar-refractivity contribution in [1.82, 2.24) is 4.90 Å². The molecular weight excluding hydrogens is 286 g/mol. The molecule has 0 unspecified atom stereocenters. The van der Waals surface area contributed by atoms with Gasteiger partial charge in [0.15, 0.2) is 0 Å². The van der Waals surface area contributed by atoms with Crippen molar-refractivity contribution in [3.05, 3.63) is 29.8 Å². The van der Waals surface area contributed by atoms with Crippen LogP contribution in [-0.4, -0.2) is 41.3 Å². The van der Waals surface area contributed by atoms with E-state index in [2.05, 4.69) is 45.6 Å². The summed E-state index contributed by atoms with van der Waals surface area (Å²) in [5, 5.41) is 10.4. The minimum Gasteiger partial charge on any atom is -0.491 e. The molecule has 1 aromatic rings. The fourth-order valence-corrected chi connectivity index (χ4v) is 3.53. The van der Waals surface area contributed by atoms with Crippen molar-refractivity contribution in [3.63, 3.8) is 0 Å². The Hall–Kier alpha value is -1.06. The third kappa shape index (κ3) is 4.95. The predicted molar refractivity (Wildman–Crippen MR) is 96.1 cm³/mol. The SMILES string of the molecule is C[C@H]1CCC[C@H](C)N1C[C@@H](O)COc1ccccc1C(C)(C)C. The molecule has 1 aliphatic rings. The summed E-state index contributed by atoms with van der Waals surface area (Å²) < 4.78 is 5.96. The Morgan fingerprint density at radius 2 is 1.78 bits per heavy atom. The number of aliphatic hydroxyl groups is 1. The Balaban J connectivity index is 1.93. The molecule has 1 aromatic carbocycles. The number of rotatable bonds is 5. The molecule has 0 amide bonds. The third-order valence-corrected chi connectivity index (χ3v) is 4.92. The van der Waals surface area contributed by atoms with Gasteiger partial charge in [0, 0.05) is 18.6 Å². The van der Waals surface area contributed by atoms with E-state index in [1.54, 1.807) is 0 Å². The van der Waals surface area contributed by atoms with Crippen LogP contribution in [0.3, 0.4) is 0 Å². The van der Waals surface area contributed by atoms with Crippen molar-refractivity contribution in [1.29, 1.82) is 0 Å². The predicted octanol–water partition coefficient (Wildman–Crippen LogP) is 3.99. The molecular formula is C20H33NO2. The summed E-state index contributed by atoms with van der Waals surface area (Å²) in [5.41, 5.74) is 1.23. The first-order valence-electron chi connectivity index (χ1n) is 8.95. The van der Waals surface area contributed by atoms with Crippen molar-refractivity contribution in [2.24, 2.45) is 0 Å². The molecule has 1 saturated heterocycles. The highest BCUT2D eigenvalue weighted by Crippen LogP contribution is 2.31. The zero-order valence-corrected chi connectivity index (χ0v) is 15.4. The highest BCUT2D eigenvalue weighted by atomic mass is 16.5. The fraction of sp³-hybridized carbons (Fsp3) is 0.700. The van der Waals surface area contributed by atoms with Crippen LogP contribution in [0, 0.1) is 0 Å². The van der Waals surface area contributed by atoms with Crippen LogP contribution in [0.25, 0.3) is 0 Å². The molecule has 0 aliphatic carbocycles. The first kappa shape index (κ1) is 18.3. The van der Waals surface area contributed by atoms with Crippen LogP contribution in [0.15, 0.2) is 24.3 Å². The molecule has 0 radical (unpaired) electrons. The van der Waals surface area contributed by atoms with Crippen LogP contribution < -0.4 is 4.74 Å². The number of hydrogen-bond acceptors (Lipinski definition) is 3. The van der Waals surface area contributed by atoms with Crippen molar-refractivity contribution in [3.8, 4) is 5.75 Å². The first-order valence-corrected chi connectivity index (χ1v) is 8.95.